The van der Waals surface area contributed by atoms with Crippen LogP contribution in [0.25, 0.3) is 10.2 Å². The molecule has 1 aromatic carbocycles. The number of thiazole rings is 1. The van der Waals surface area contributed by atoms with Crippen LogP contribution in [0.15, 0.2) is 28.8 Å². The van der Waals surface area contributed by atoms with Gasteiger partial charge in [0.2, 0.25) is 5.89 Å². The standard InChI is InChI=1S/C18H22N4OS/c1-12(2)10-16-20-17(23-21-16)11-22-9-5-7-14(22)18-19-13-6-3-4-8-15(13)24-18/h3-4,6,8,12,14H,5,7,9-11H2,1-2H3. The Hall–Kier alpha value is -1.79. The van der Waals surface area contributed by atoms with E-state index in [0.717, 1.165) is 36.6 Å². The third-order valence-corrected chi connectivity index (χ3v) is 5.54. The van der Waals surface area contributed by atoms with Gasteiger partial charge in [-0.2, -0.15) is 4.98 Å². The maximum atomic E-state index is 5.45. The molecule has 1 aliphatic heterocycles. The van der Waals surface area contributed by atoms with E-state index in [0.29, 0.717) is 18.5 Å². The van der Waals surface area contributed by atoms with E-state index in [1.807, 2.05) is 6.07 Å². The molecule has 24 heavy (non-hydrogen) atoms. The van der Waals surface area contributed by atoms with Crippen LogP contribution in [0, 0.1) is 5.92 Å². The molecule has 6 heteroatoms. The van der Waals surface area contributed by atoms with Gasteiger partial charge in [0.05, 0.1) is 22.8 Å². The average molecular weight is 342 g/mol. The Labute approximate surface area is 145 Å². The van der Waals surface area contributed by atoms with Crippen LogP contribution in [0.3, 0.4) is 0 Å². The van der Waals surface area contributed by atoms with Crippen molar-refractivity contribution in [1.29, 1.82) is 0 Å². The number of aromatic nitrogens is 3. The summed E-state index contributed by atoms with van der Waals surface area (Å²) in [5.74, 6) is 2.08. The topological polar surface area (TPSA) is 55.1 Å². The average Bonchev–Trinajstić information content (AvgIpc) is 3.26. The second-order valence-corrected chi connectivity index (χ2v) is 7.91. The van der Waals surface area contributed by atoms with E-state index >= 15 is 0 Å². The van der Waals surface area contributed by atoms with Crippen LogP contribution in [0.5, 0.6) is 0 Å². The molecule has 0 radical (unpaired) electrons. The molecular formula is C18H22N4OS. The highest BCUT2D eigenvalue weighted by atomic mass is 32.1. The monoisotopic (exact) mass is 342 g/mol. The van der Waals surface area contributed by atoms with E-state index in [2.05, 4.69) is 47.1 Å². The van der Waals surface area contributed by atoms with Crippen LogP contribution in [0.2, 0.25) is 0 Å². The fourth-order valence-electron chi connectivity index (χ4n) is 3.30. The molecular weight excluding hydrogens is 320 g/mol. The largest absolute Gasteiger partial charge is 0.338 e. The highest BCUT2D eigenvalue weighted by Crippen LogP contribution is 2.37. The minimum atomic E-state index is 0.364. The third kappa shape index (κ3) is 3.21. The minimum Gasteiger partial charge on any atom is -0.338 e. The maximum absolute atomic E-state index is 5.45. The highest BCUT2D eigenvalue weighted by molar-refractivity contribution is 7.18. The molecule has 0 amide bonds. The molecule has 5 nitrogen and oxygen atoms in total. The third-order valence-electron chi connectivity index (χ3n) is 4.40. The second-order valence-electron chi connectivity index (χ2n) is 6.85. The lowest BCUT2D eigenvalue weighted by molar-refractivity contribution is 0.212. The number of rotatable bonds is 5. The summed E-state index contributed by atoms with van der Waals surface area (Å²) < 4.78 is 6.71. The summed E-state index contributed by atoms with van der Waals surface area (Å²) in [4.78, 5) is 11.8. The Morgan fingerprint density at radius 3 is 3.00 bits per heavy atom. The van der Waals surface area contributed by atoms with Crippen LogP contribution in [-0.2, 0) is 13.0 Å². The van der Waals surface area contributed by atoms with Gasteiger partial charge in [0, 0.05) is 6.42 Å². The summed E-state index contributed by atoms with van der Waals surface area (Å²) in [5.41, 5.74) is 1.10. The van der Waals surface area contributed by atoms with Gasteiger partial charge in [-0.1, -0.05) is 31.1 Å². The fraction of sp³-hybridized carbons (Fsp3) is 0.500. The quantitative estimate of drug-likeness (QED) is 0.695. The molecule has 3 aromatic rings. The maximum Gasteiger partial charge on any atom is 0.240 e. The molecule has 2 aromatic heterocycles. The number of likely N-dealkylation sites (tertiary alicyclic amines) is 1. The van der Waals surface area contributed by atoms with Crippen LogP contribution in [-0.4, -0.2) is 26.6 Å². The summed E-state index contributed by atoms with van der Waals surface area (Å²) in [5, 5.41) is 5.31. The molecule has 4 rings (SSSR count). The van der Waals surface area contributed by atoms with Crippen molar-refractivity contribution in [1.82, 2.24) is 20.0 Å². The van der Waals surface area contributed by atoms with Gasteiger partial charge in [0.25, 0.3) is 0 Å². The van der Waals surface area contributed by atoms with Crippen LogP contribution < -0.4 is 0 Å². The molecule has 1 saturated heterocycles. The van der Waals surface area contributed by atoms with Crippen molar-refractivity contribution in [2.45, 2.75) is 45.7 Å². The van der Waals surface area contributed by atoms with Gasteiger partial charge < -0.3 is 4.52 Å². The normalized spacial score (nSPS) is 18.9. The van der Waals surface area contributed by atoms with Crippen LogP contribution >= 0.6 is 11.3 Å². The molecule has 1 aliphatic rings. The SMILES string of the molecule is CC(C)Cc1noc(CN2CCCC2c2nc3ccccc3s2)n1. The molecule has 0 saturated carbocycles. The zero-order chi connectivity index (χ0) is 16.5. The number of nitrogens with zero attached hydrogens (tertiary/aromatic N) is 4. The van der Waals surface area contributed by atoms with Gasteiger partial charge in [-0.05, 0) is 37.4 Å². The first-order chi connectivity index (χ1) is 11.7. The van der Waals surface area contributed by atoms with E-state index in [4.69, 9.17) is 9.51 Å². The van der Waals surface area contributed by atoms with E-state index in [1.165, 1.54) is 16.1 Å². The van der Waals surface area contributed by atoms with Gasteiger partial charge in [-0.25, -0.2) is 4.98 Å². The van der Waals surface area contributed by atoms with Gasteiger partial charge in [0.15, 0.2) is 5.82 Å². The number of fused-ring (bicyclic) bond motifs is 1. The van der Waals surface area contributed by atoms with Gasteiger partial charge >= 0.3 is 0 Å². The van der Waals surface area contributed by atoms with Crippen LogP contribution in [0.1, 0.15) is 49.5 Å². The summed E-state index contributed by atoms with van der Waals surface area (Å²) in [7, 11) is 0. The van der Waals surface area contributed by atoms with Gasteiger partial charge in [-0.3, -0.25) is 4.90 Å². The Balaban J connectivity index is 1.51. The lowest BCUT2D eigenvalue weighted by Crippen LogP contribution is -2.22. The van der Waals surface area contributed by atoms with E-state index in [9.17, 15) is 0 Å². The Morgan fingerprint density at radius 2 is 2.17 bits per heavy atom. The Kier molecular flexibility index (Phi) is 4.33. The van der Waals surface area contributed by atoms with E-state index < -0.39 is 0 Å². The number of hydrogen-bond acceptors (Lipinski definition) is 6. The van der Waals surface area contributed by atoms with Crippen LogP contribution in [0.4, 0.5) is 0 Å². The Morgan fingerprint density at radius 1 is 1.29 bits per heavy atom. The minimum absolute atomic E-state index is 0.364. The van der Waals surface area contributed by atoms with Crippen molar-refractivity contribution in [3.63, 3.8) is 0 Å². The molecule has 0 spiro atoms. The molecule has 0 N–H and O–H groups in total. The number of benzene rings is 1. The molecule has 0 aliphatic carbocycles. The first-order valence-corrected chi connectivity index (χ1v) is 9.41. The lowest BCUT2D eigenvalue weighted by Gasteiger charge is -2.20. The summed E-state index contributed by atoms with van der Waals surface area (Å²) >= 11 is 1.80. The lowest BCUT2D eigenvalue weighted by atomic mass is 10.1. The van der Waals surface area contributed by atoms with Crippen molar-refractivity contribution in [3.05, 3.63) is 41.0 Å². The zero-order valence-electron chi connectivity index (χ0n) is 14.1. The smallest absolute Gasteiger partial charge is 0.240 e. The molecule has 1 atom stereocenters. The Bertz CT molecular complexity index is 792. The molecule has 1 unspecified atom stereocenters. The summed E-state index contributed by atoms with van der Waals surface area (Å²) in [6.07, 6.45) is 3.20. The zero-order valence-corrected chi connectivity index (χ0v) is 14.9. The predicted octanol–water partition coefficient (Wildman–Crippen LogP) is 4.21. The van der Waals surface area contributed by atoms with E-state index in [-0.39, 0.29) is 0 Å². The van der Waals surface area contributed by atoms with E-state index in [1.54, 1.807) is 11.3 Å². The van der Waals surface area contributed by atoms with Crippen molar-refractivity contribution < 1.29 is 4.52 Å². The van der Waals surface area contributed by atoms with Gasteiger partial charge in [-0.15, -0.1) is 11.3 Å². The molecule has 1 fully saturated rings. The number of para-hydroxylation sites is 1. The first kappa shape index (κ1) is 15.7. The van der Waals surface area contributed by atoms with Gasteiger partial charge in [0.1, 0.15) is 5.01 Å². The predicted molar refractivity (Wildman–Crippen MR) is 94.8 cm³/mol. The molecule has 0 bridgehead atoms. The summed E-state index contributed by atoms with van der Waals surface area (Å²) in [6.45, 7) is 6.10. The van der Waals surface area contributed by atoms with Crippen molar-refractivity contribution in [2.24, 2.45) is 5.92 Å². The summed E-state index contributed by atoms with van der Waals surface area (Å²) in [6, 6.07) is 8.72. The highest BCUT2D eigenvalue weighted by Gasteiger charge is 2.30. The molecule has 126 valence electrons. The first-order valence-electron chi connectivity index (χ1n) is 8.60. The second kappa shape index (κ2) is 6.61. The van der Waals surface area contributed by atoms with Crippen molar-refractivity contribution in [2.75, 3.05) is 6.54 Å². The molecule has 3 heterocycles. The van der Waals surface area contributed by atoms with Crippen molar-refractivity contribution in [3.8, 4) is 0 Å². The fourth-order valence-corrected chi connectivity index (χ4v) is 4.44. The number of hydrogen-bond donors (Lipinski definition) is 0. The van der Waals surface area contributed by atoms with Crippen molar-refractivity contribution >= 4 is 21.6 Å².